The highest BCUT2D eigenvalue weighted by Crippen LogP contribution is 2.37. The van der Waals surface area contributed by atoms with Crippen LogP contribution in [0.15, 0.2) is 54.7 Å². The molecule has 0 saturated heterocycles. The third kappa shape index (κ3) is 1.86. The molecule has 0 fully saturated rings. The van der Waals surface area contributed by atoms with E-state index in [0.717, 1.165) is 22.4 Å². The monoisotopic (exact) mass is 303 g/mol. The summed E-state index contributed by atoms with van der Waals surface area (Å²) in [7, 11) is 2.04. The van der Waals surface area contributed by atoms with Crippen molar-refractivity contribution in [2.45, 2.75) is 13.8 Å². The molecule has 2 heterocycles. The van der Waals surface area contributed by atoms with Crippen molar-refractivity contribution >= 4 is 21.8 Å². The molecule has 1 N–H and O–H groups in total. The number of aromatic hydroxyl groups is 1. The first kappa shape index (κ1) is 13.8. The number of hydrogen-bond donors (Lipinski definition) is 1. The fraction of sp³-hybridized carbons (Fsp3) is 0.150. The Morgan fingerprint density at radius 3 is 2.57 bits per heavy atom. The van der Waals surface area contributed by atoms with E-state index in [1.807, 2.05) is 38.4 Å². The highest BCUT2D eigenvalue weighted by Gasteiger charge is 2.23. The van der Waals surface area contributed by atoms with Crippen LogP contribution in [0.3, 0.4) is 0 Å². The summed E-state index contributed by atoms with van der Waals surface area (Å²) in [6.07, 6.45) is 2.04. The van der Waals surface area contributed by atoms with E-state index >= 15 is 0 Å². The Morgan fingerprint density at radius 1 is 0.957 bits per heavy atom. The summed E-state index contributed by atoms with van der Waals surface area (Å²) in [5.41, 5.74) is 4.38. The van der Waals surface area contributed by atoms with Gasteiger partial charge < -0.3 is 5.11 Å². The minimum absolute atomic E-state index is 0.331. The standard InChI is InChI=1S/C20H18N2O/c1-13-7-6-8-16-19(13)15-10-11-17(23)14(2)20(15)22(16)18-9-4-5-12-21(18)3/h4-12H,1-3H3/p+1. The Hall–Kier alpha value is -2.81. The molecule has 0 unspecified atom stereocenters. The lowest BCUT2D eigenvalue weighted by Crippen LogP contribution is -2.33. The first-order valence-electron chi connectivity index (χ1n) is 7.77. The summed E-state index contributed by atoms with van der Waals surface area (Å²) >= 11 is 0. The van der Waals surface area contributed by atoms with Crippen LogP contribution in [0.5, 0.6) is 5.75 Å². The molecule has 4 aromatic rings. The van der Waals surface area contributed by atoms with Crippen LogP contribution in [0.2, 0.25) is 0 Å². The van der Waals surface area contributed by atoms with Crippen molar-refractivity contribution in [3.05, 3.63) is 65.9 Å². The van der Waals surface area contributed by atoms with Crippen molar-refractivity contribution in [1.29, 1.82) is 0 Å². The quantitative estimate of drug-likeness (QED) is 0.530. The molecule has 3 heteroatoms. The lowest BCUT2D eigenvalue weighted by atomic mass is 10.1. The molecule has 0 radical (unpaired) electrons. The van der Waals surface area contributed by atoms with Crippen molar-refractivity contribution in [3.8, 4) is 11.6 Å². The summed E-state index contributed by atoms with van der Waals surface area (Å²) < 4.78 is 4.34. The first-order valence-corrected chi connectivity index (χ1v) is 7.77. The van der Waals surface area contributed by atoms with Crippen LogP contribution in [0.4, 0.5) is 0 Å². The fourth-order valence-electron chi connectivity index (χ4n) is 3.47. The molecule has 2 aromatic carbocycles. The Balaban J connectivity index is 2.32. The van der Waals surface area contributed by atoms with E-state index in [9.17, 15) is 5.11 Å². The van der Waals surface area contributed by atoms with E-state index in [1.54, 1.807) is 6.07 Å². The van der Waals surface area contributed by atoms with Crippen molar-refractivity contribution in [3.63, 3.8) is 0 Å². The van der Waals surface area contributed by atoms with E-state index in [-0.39, 0.29) is 0 Å². The van der Waals surface area contributed by atoms with Gasteiger partial charge in [0, 0.05) is 22.4 Å². The van der Waals surface area contributed by atoms with E-state index in [4.69, 9.17) is 0 Å². The van der Waals surface area contributed by atoms with E-state index in [1.165, 1.54) is 16.3 Å². The van der Waals surface area contributed by atoms with Gasteiger partial charge in [-0.1, -0.05) is 18.2 Å². The topological polar surface area (TPSA) is 29.0 Å². The predicted octanol–water partition coefficient (Wildman–Crippen LogP) is 3.93. The lowest BCUT2D eigenvalue weighted by molar-refractivity contribution is -0.665. The summed E-state index contributed by atoms with van der Waals surface area (Å²) in [6, 6.07) is 16.3. The van der Waals surface area contributed by atoms with Crippen molar-refractivity contribution in [1.82, 2.24) is 4.57 Å². The molecule has 0 aliphatic rings. The second kappa shape index (κ2) is 4.85. The zero-order valence-corrected chi connectivity index (χ0v) is 13.5. The molecule has 0 bridgehead atoms. The summed E-state index contributed by atoms with van der Waals surface area (Å²) in [4.78, 5) is 0. The Bertz CT molecular complexity index is 1060. The highest BCUT2D eigenvalue weighted by molar-refractivity contribution is 6.12. The van der Waals surface area contributed by atoms with Crippen LogP contribution in [0, 0.1) is 13.8 Å². The zero-order valence-electron chi connectivity index (χ0n) is 13.5. The molecule has 114 valence electrons. The second-order valence-corrected chi connectivity index (χ2v) is 6.08. The van der Waals surface area contributed by atoms with E-state index < -0.39 is 0 Å². The molecule has 0 atom stereocenters. The maximum absolute atomic E-state index is 10.2. The van der Waals surface area contributed by atoms with Gasteiger partial charge in [0.15, 0.2) is 0 Å². The van der Waals surface area contributed by atoms with E-state index in [2.05, 4.69) is 40.3 Å². The molecule has 0 saturated carbocycles. The molecule has 23 heavy (non-hydrogen) atoms. The number of rotatable bonds is 1. The maximum Gasteiger partial charge on any atom is 0.286 e. The molecule has 0 aliphatic heterocycles. The SMILES string of the molecule is Cc1cccc2c1c1ccc(O)c(C)c1n2-c1cccc[n+]1C. The molecular formula is C20H19N2O+. The minimum atomic E-state index is 0.331. The second-order valence-electron chi connectivity index (χ2n) is 6.08. The van der Waals surface area contributed by atoms with Gasteiger partial charge in [-0.25, -0.2) is 4.57 Å². The maximum atomic E-state index is 10.2. The summed E-state index contributed by atoms with van der Waals surface area (Å²) in [5.74, 6) is 1.41. The van der Waals surface area contributed by atoms with Crippen LogP contribution < -0.4 is 4.57 Å². The van der Waals surface area contributed by atoms with Crippen LogP contribution in [0.25, 0.3) is 27.6 Å². The van der Waals surface area contributed by atoms with Crippen LogP contribution in [-0.4, -0.2) is 9.67 Å². The van der Waals surface area contributed by atoms with Gasteiger partial charge in [0.1, 0.15) is 16.8 Å². The van der Waals surface area contributed by atoms with Crippen molar-refractivity contribution in [2.24, 2.45) is 7.05 Å². The lowest BCUT2D eigenvalue weighted by Gasteiger charge is -2.05. The Labute approximate surface area is 135 Å². The zero-order chi connectivity index (χ0) is 16.1. The number of hydrogen-bond acceptors (Lipinski definition) is 1. The number of phenolic OH excluding ortho intramolecular Hbond substituents is 1. The van der Waals surface area contributed by atoms with Gasteiger partial charge in [-0.15, -0.1) is 0 Å². The minimum Gasteiger partial charge on any atom is -0.508 e. The molecule has 0 spiro atoms. The van der Waals surface area contributed by atoms with Crippen LogP contribution in [0.1, 0.15) is 11.1 Å². The number of fused-ring (bicyclic) bond motifs is 3. The predicted molar refractivity (Wildman–Crippen MR) is 93.1 cm³/mol. The molecule has 3 nitrogen and oxygen atoms in total. The number of aromatic nitrogens is 2. The van der Waals surface area contributed by atoms with Crippen molar-refractivity contribution < 1.29 is 9.67 Å². The summed E-state index contributed by atoms with van der Waals surface area (Å²) in [6.45, 7) is 4.12. The average Bonchev–Trinajstić information content (AvgIpc) is 2.88. The highest BCUT2D eigenvalue weighted by atomic mass is 16.3. The Kier molecular flexibility index (Phi) is 2.91. The smallest absolute Gasteiger partial charge is 0.286 e. The van der Waals surface area contributed by atoms with Gasteiger partial charge in [0.05, 0.1) is 13.2 Å². The third-order valence-corrected chi connectivity index (χ3v) is 4.64. The van der Waals surface area contributed by atoms with Gasteiger partial charge in [-0.05, 0) is 43.7 Å². The van der Waals surface area contributed by atoms with Gasteiger partial charge in [0.25, 0.3) is 5.82 Å². The molecule has 2 aromatic heterocycles. The van der Waals surface area contributed by atoms with Gasteiger partial charge >= 0.3 is 0 Å². The average molecular weight is 303 g/mol. The number of pyridine rings is 1. The molecule has 4 rings (SSSR count). The molecule has 0 aliphatic carbocycles. The largest absolute Gasteiger partial charge is 0.508 e. The van der Waals surface area contributed by atoms with E-state index in [0.29, 0.717) is 5.75 Å². The fourth-order valence-corrected chi connectivity index (χ4v) is 3.47. The van der Waals surface area contributed by atoms with Crippen molar-refractivity contribution in [2.75, 3.05) is 0 Å². The number of phenols is 1. The number of aryl methyl sites for hydroxylation is 3. The number of benzene rings is 2. The summed E-state index contributed by atoms with van der Waals surface area (Å²) in [5, 5.41) is 12.7. The first-order chi connectivity index (χ1) is 11.1. The van der Waals surface area contributed by atoms with Gasteiger partial charge in [-0.2, -0.15) is 4.57 Å². The number of nitrogens with zero attached hydrogens (tertiary/aromatic N) is 2. The normalized spacial score (nSPS) is 11.4. The van der Waals surface area contributed by atoms with Gasteiger partial charge in [-0.3, -0.25) is 0 Å². The third-order valence-electron chi connectivity index (χ3n) is 4.64. The van der Waals surface area contributed by atoms with Crippen LogP contribution in [-0.2, 0) is 7.05 Å². The van der Waals surface area contributed by atoms with Crippen LogP contribution >= 0.6 is 0 Å². The Morgan fingerprint density at radius 2 is 1.78 bits per heavy atom. The van der Waals surface area contributed by atoms with Gasteiger partial charge in [0.2, 0.25) is 0 Å². The molecular weight excluding hydrogens is 284 g/mol. The molecule has 0 amide bonds.